The molecule has 0 N–H and O–H groups in total. The Morgan fingerprint density at radius 3 is 2.39 bits per heavy atom. The number of rotatable bonds is 2. The van der Waals surface area contributed by atoms with Gasteiger partial charge in [-0.05, 0) is 46.6 Å². The van der Waals surface area contributed by atoms with E-state index in [1.165, 1.54) is 5.56 Å². The van der Waals surface area contributed by atoms with Crippen LogP contribution in [0.25, 0.3) is 0 Å². The lowest BCUT2D eigenvalue weighted by atomic mass is 9.99. The highest BCUT2D eigenvalue weighted by Crippen LogP contribution is 2.25. The molecular formula is C19H30N2O2. The Morgan fingerprint density at radius 1 is 1.13 bits per heavy atom. The van der Waals surface area contributed by atoms with Crippen LogP contribution < -0.4 is 0 Å². The molecule has 1 amide bonds. The van der Waals surface area contributed by atoms with Crippen LogP contribution in [0.3, 0.4) is 0 Å². The van der Waals surface area contributed by atoms with Crippen LogP contribution in [0.4, 0.5) is 4.79 Å². The lowest BCUT2D eigenvalue weighted by Crippen LogP contribution is -2.50. The van der Waals surface area contributed by atoms with Gasteiger partial charge in [-0.25, -0.2) is 4.79 Å². The lowest BCUT2D eigenvalue weighted by molar-refractivity contribution is 0.00497. The van der Waals surface area contributed by atoms with Crippen LogP contribution in [0.5, 0.6) is 0 Å². The highest BCUT2D eigenvalue weighted by Gasteiger charge is 2.36. The van der Waals surface area contributed by atoms with Crippen LogP contribution in [0.15, 0.2) is 30.3 Å². The zero-order valence-electron chi connectivity index (χ0n) is 15.1. The molecule has 2 rings (SSSR count). The number of carbonyl (C=O) groups excluding carboxylic acids is 1. The number of carbonyl (C=O) groups is 1. The zero-order valence-corrected chi connectivity index (χ0v) is 15.1. The predicted octanol–water partition coefficient (Wildman–Crippen LogP) is 3.91. The summed E-state index contributed by atoms with van der Waals surface area (Å²) in [5.41, 5.74) is 0.674. The van der Waals surface area contributed by atoms with E-state index in [9.17, 15) is 4.79 Å². The second kappa shape index (κ2) is 6.91. The van der Waals surface area contributed by atoms with Crippen molar-refractivity contribution < 1.29 is 9.53 Å². The fourth-order valence-electron chi connectivity index (χ4n) is 2.88. The van der Waals surface area contributed by atoms with Crippen molar-refractivity contribution in [1.82, 2.24) is 9.80 Å². The van der Waals surface area contributed by atoms with Crippen molar-refractivity contribution in [1.29, 1.82) is 0 Å². The van der Waals surface area contributed by atoms with Crippen molar-refractivity contribution >= 4 is 6.09 Å². The van der Waals surface area contributed by atoms with E-state index in [0.717, 1.165) is 26.1 Å². The van der Waals surface area contributed by atoms with E-state index >= 15 is 0 Å². The minimum absolute atomic E-state index is 0.187. The average molecular weight is 318 g/mol. The first-order valence-electron chi connectivity index (χ1n) is 8.44. The summed E-state index contributed by atoms with van der Waals surface area (Å²) >= 11 is 0. The number of ether oxygens (including phenoxy) is 1. The Hall–Kier alpha value is -1.55. The van der Waals surface area contributed by atoms with Gasteiger partial charge in [0.2, 0.25) is 0 Å². The van der Waals surface area contributed by atoms with Crippen LogP contribution in [0, 0.1) is 0 Å². The van der Waals surface area contributed by atoms with Gasteiger partial charge in [-0.2, -0.15) is 0 Å². The Labute approximate surface area is 140 Å². The Bertz CT molecular complexity index is 520. The summed E-state index contributed by atoms with van der Waals surface area (Å²) in [4.78, 5) is 16.8. The Kier molecular flexibility index (Phi) is 5.35. The molecule has 0 aliphatic carbocycles. The summed E-state index contributed by atoms with van der Waals surface area (Å²) in [5.74, 6) is 0. The molecule has 4 nitrogen and oxygen atoms in total. The number of nitrogens with zero attached hydrogens (tertiary/aromatic N) is 2. The number of hydrogen-bond acceptors (Lipinski definition) is 3. The van der Waals surface area contributed by atoms with Gasteiger partial charge in [0.1, 0.15) is 5.60 Å². The summed E-state index contributed by atoms with van der Waals surface area (Å²) in [6.07, 6.45) is 0.739. The first-order valence-corrected chi connectivity index (χ1v) is 8.44. The highest BCUT2D eigenvalue weighted by atomic mass is 16.6. The molecule has 23 heavy (non-hydrogen) atoms. The third kappa shape index (κ3) is 5.24. The van der Waals surface area contributed by atoms with E-state index in [4.69, 9.17) is 4.74 Å². The molecule has 0 bridgehead atoms. The van der Waals surface area contributed by atoms with Crippen molar-refractivity contribution in [3.8, 4) is 0 Å². The molecule has 1 aromatic rings. The van der Waals surface area contributed by atoms with Crippen molar-refractivity contribution in [2.24, 2.45) is 0 Å². The van der Waals surface area contributed by atoms with E-state index in [0.29, 0.717) is 6.54 Å². The standard InChI is InChI=1S/C19H30N2O2/c1-18(2,3)23-17(22)21-14-13-20(12-11-19(21,4)5)15-16-9-7-6-8-10-16/h6-10H,11-15H2,1-5H3. The maximum absolute atomic E-state index is 12.5. The van der Waals surface area contributed by atoms with Gasteiger partial charge < -0.3 is 9.64 Å². The topological polar surface area (TPSA) is 32.8 Å². The summed E-state index contributed by atoms with van der Waals surface area (Å²) in [6, 6.07) is 10.5. The minimum atomic E-state index is -0.455. The van der Waals surface area contributed by atoms with Gasteiger partial charge in [0.15, 0.2) is 0 Å². The molecule has 1 saturated heterocycles. The maximum Gasteiger partial charge on any atom is 0.410 e. The molecular weight excluding hydrogens is 288 g/mol. The van der Waals surface area contributed by atoms with E-state index in [2.05, 4.69) is 43.0 Å². The number of hydrogen-bond donors (Lipinski definition) is 0. The van der Waals surface area contributed by atoms with Gasteiger partial charge in [-0.3, -0.25) is 4.90 Å². The smallest absolute Gasteiger partial charge is 0.410 e. The SMILES string of the molecule is CC(C)(C)OC(=O)N1CCN(Cc2ccccc2)CCC1(C)C. The first-order chi connectivity index (χ1) is 10.7. The Morgan fingerprint density at radius 2 is 1.78 bits per heavy atom. The van der Waals surface area contributed by atoms with E-state index in [1.54, 1.807) is 0 Å². The molecule has 1 aromatic carbocycles. The van der Waals surface area contributed by atoms with Gasteiger partial charge in [0.25, 0.3) is 0 Å². The minimum Gasteiger partial charge on any atom is -0.444 e. The van der Waals surface area contributed by atoms with Crippen LogP contribution >= 0.6 is 0 Å². The zero-order chi connectivity index (χ0) is 17.1. The monoisotopic (exact) mass is 318 g/mol. The molecule has 128 valence electrons. The molecule has 0 atom stereocenters. The van der Waals surface area contributed by atoms with Gasteiger partial charge in [-0.15, -0.1) is 0 Å². The molecule has 0 unspecified atom stereocenters. The molecule has 0 aromatic heterocycles. The van der Waals surface area contributed by atoms with Crippen molar-refractivity contribution in [2.45, 2.75) is 58.7 Å². The second-order valence-corrected chi connectivity index (χ2v) is 7.96. The van der Waals surface area contributed by atoms with E-state index in [-0.39, 0.29) is 11.6 Å². The van der Waals surface area contributed by atoms with Crippen LogP contribution in [-0.4, -0.2) is 46.7 Å². The third-order valence-corrected chi connectivity index (χ3v) is 4.27. The van der Waals surface area contributed by atoms with E-state index < -0.39 is 5.60 Å². The summed E-state index contributed by atoms with van der Waals surface area (Å²) in [5, 5.41) is 0. The lowest BCUT2D eigenvalue weighted by Gasteiger charge is -2.37. The summed E-state index contributed by atoms with van der Waals surface area (Å²) in [7, 11) is 0. The van der Waals surface area contributed by atoms with Gasteiger partial charge in [0.05, 0.1) is 0 Å². The highest BCUT2D eigenvalue weighted by molar-refractivity contribution is 5.69. The molecule has 0 radical (unpaired) electrons. The largest absolute Gasteiger partial charge is 0.444 e. The van der Waals surface area contributed by atoms with Crippen molar-refractivity contribution in [2.75, 3.05) is 19.6 Å². The molecule has 0 spiro atoms. The maximum atomic E-state index is 12.5. The fourth-order valence-corrected chi connectivity index (χ4v) is 2.88. The van der Waals surface area contributed by atoms with Crippen molar-refractivity contribution in [3.05, 3.63) is 35.9 Å². The van der Waals surface area contributed by atoms with E-state index in [1.807, 2.05) is 31.7 Å². The summed E-state index contributed by atoms with van der Waals surface area (Å²) < 4.78 is 5.59. The average Bonchev–Trinajstić information content (AvgIpc) is 2.57. The van der Waals surface area contributed by atoms with Gasteiger partial charge in [-0.1, -0.05) is 30.3 Å². The second-order valence-electron chi connectivity index (χ2n) is 7.96. The number of amides is 1. The first kappa shape index (κ1) is 17.8. The molecule has 1 heterocycles. The van der Waals surface area contributed by atoms with Crippen LogP contribution in [0.1, 0.15) is 46.6 Å². The number of benzene rings is 1. The quantitative estimate of drug-likeness (QED) is 0.829. The fraction of sp³-hybridized carbons (Fsp3) is 0.632. The molecule has 0 saturated carbocycles. The van der Waals surface area contributed by atoms with Crippen molar-refractivity contribution in [3.63, 3.8) is 0 Å². The van der Waals surface area contributed by atoms with Crippen LogP contribution in [-0.2, 0) is 11.3 Å². The third-order valence-electron chi connectivity index (χ3n) is 4.27. The molecule has 1 fully saturated rings. The van der Waals surface area contributed by atoms with Crippen LogP contribution in [0.2, 0.25) is 0 Å². The normalized spacial score (nSPS) is 19.3. The molecule has 1 aliphatic rings. The van der Waals surface area contributed by atoms with Gasteiger partial charge >= 0.3 is 6.09 Å². The molecule has 4 heteroatoms. The summed E-state index contributed by atoms with van der Waals surface area (Å²) in [6.45, 7) is 13.5. The molecule has 1 aliphatic heterocycles. The predicted molar refractivity (Wildman–Crippen MR) is 93.4 cm³/mol. The Balaban J connectivity index is 2.02. The van der Waals surface area contributed by atoms with Gasteiger partial charge in [0, 0.05) is 31.7 Å².